The maximum atomic E-state index is 13.4. The van der Waals surface area contributed by atoms with Crippen LogP contribution in [0.5, 0.6) is 0 Å². The Morgan fingerprint density at radius 1 is 1.03 bits per heavy atom. The predicted molar refractivity (Wildman–Crippen MR) is 113 cm³/mol. The van der Waals surface area contributed by atoms with E-state index in [-0.39, 0.29) is 5.82 Å². The van der Waals surface area contributed by atoms with E-state index in [0.29, 0.717) is 22.8 Å². The Bertz CT molecular complexity index is 1200. The van der Waals surface area contributed by atoms with Crippen LogP contribution in [0, 0.1) is 5.82 Å². The van der Waals surface area contributed by atoms with Crippen molar-refractivity contribution in [3.05, 3.63) is 60.0 Å². The third kappa shape index (κ3) is 2.84. The molecule has 1 unspecified atom stereocenters. The van der Waals surface area contributed by atoms with Crippen molar-refractivity contribution in [1.29, 1.82) is 0 Å². The molecule has 30 heavy (non-hydrogen) atoms. The largest absolute Gasteiger partial charge is 0.300 e. The number of rotatable bonds is 3. The van der Waals surface area contributed by atoms with Crippen LogP contribution in [-0.4, -0.2) is 49.2 Å². The molecule has 2 saturated heterocycles. The molecule has 2 aliphatic heterocycles. The predicted octanol–water partition coefficient (Wildman–Crippen LogP) is 4.29. The normalized spacial score (nSPS) is 24.0. The van der Waals surface area contributed by atoms with E-state index >= 15 is 0 Å². The van der Waals surface area contributed by atoms with Crippen molar-refractivity contribution in [3.8, 4) is 17.1 Å². The summed E-state index contributed by atoms with van der Waals surface area (Å²) in [5, 5.41) is 16.6. The van der Waals surface area contributed by atoms with Gasteiger partial charge in [-0.3, -0.25) is 5.10 Å². The zero-order valence-electron chi connectivity index (χ0n) is 16.8. The molecular formula is C23H23FN6. The van der Waals surface area contributed by atoms with Gasteiger partial charge in [0.1, 0.15) is 17.2 Å². The van der Waals surface area contributed by atoms with Crippen molar-refractivity contribution in [2.24, 2.45) is 0 Å². The summed E-state index contributed by atoms with van der Waals surface area (Å²) in [4.78, 5) is 2.58. The van der Waals surface area contributed by atoms with E-state index in [4.69, 9.17) is 0 Å². The fraction of sp³-hybridized carbons (Fsp3) is 0.348. The summed E-state index contributed by atoms with van der Waals surface area (Å²) < 4.78 is 15.2. The Kier molecular flexibility index (Phi) is 3.99. The summed E-state index contributed by atoms with van der Waals surface area (Å²) in [6.45, 7) is 0. The average Bonchev–Trinajstić information content (AvgIpc) is 3.44. The van der Waals surface area contributed by atoms with Gasteiger partial charge in [0.25, 0.3) is 0 Å². The van der Waals surface area contributed by atoms with Gasteiger partial charge in [0.05, 0.1) is 17.4 Å². The van der Waals surface area contributed by atoms with Crippen molar-refractivity contribution in [2.75, 3.05) is 7.05 Å². The van der Waals surface area contributed by atoms with Crippen LogP contribution in [0.15, 0.2) is 48.7 Å². The van der Waals surface area contributed by atoms with Gasteiger partial charge in [0.15, 0.2) is 0 Å². The summed E-state index contributed by atoms with van der Waals surface area (Å²) in [5.74, 6) is 0.355. The Labute approximate surface area is 173 Å². The smallest absolute Gasteiger partial charge is 0.134 e. The van der Waals surface area contributed by atoms with E-state index in [1.54, 1.807) is 10.7 Å². The van der Waals surface area contributed by atoms with Crippen molar-refractivity contribution in [3.63, 3.8) is 0 Å². The van der Waals surface area contributed by atoms with Crippen LogP contribution in [0.1, 0.15) is 37.2 Å². The monoisotopic (exact) mass is 402 g/mol. The van der Waals surface area contributed by atoms with Crippen LogP contribution in [0.4, 0.5) is 4.39 Å². The Hall–Kier alpha value is -3.06. The third-order valence-corrected chi connectivity index (χ3v) is 6.99. The number of hydrogen-bond donors (Lipinski definition) is 1. The number of H-pyrrole nitrogens is 1. The molecule has 2 fully saturated rings. The van der Waals surface area contributed by atoms with Crippen LogP contribution in [0.3, 0.4) is 0 Å². The second-order valence-electron chi connectivity index (χ2n) is 8.62. The fourth-order valence-electron chi connectivity index (χ4n) is 5.27. The molecule has 0 aliphatic carbocycles. The molecule has 4 aromatic rings. The summed E-state index contributed by atoms with van der Waals surface area (Å²) in [6, 6.07) is 14.8. The minimum atomic E-state index is -0.293. The highest BCUT2D eigenvalue weighted by Gasteiger charge is 2.38. The van der Waals surface area contributed by atoms with Crippen LogP contribution in [0.2, 0.25) is 0 Å². The Morgan fingerprint density at radius 3 is 2.57 bits per heavy atom. The molecule has 0 radical (unpaired) electrons. The van der Waals surface area contributed by atoms with E-state index < -0.39 is 0 Å². The van der Waals surface area contributed by atoms with E-state index in [1.165, 1.54) is 43.4 Å². The van der Waals surface area contributed by atoms with Gasteiger partial charge in [-0.2, -0.15) is 5.10 Å². The quantitative estimate of drug-likeness (QED) is 0.555. The zero-order chi connectivity index (χ0) is 20.2. The number of piperidine rings is 1. The Balaban J connectivity index is 1.25. The molecule has 152 valence electrons. The minimum absolute atomic E-state index is 0.293. The standard InChI is InChI=1S/C23H23FN6/c1-29-18-7-8-19(29)11-15(10-18)14-2-5-17(6-3-14)30-13-22(26-28-30)23-20-9-4-16(24)12-21(20)25-27-23/h2-6,9,12-13,15,18-19H,7-8,10-11H2,1H3,(H,25,27)/t15?,18-,19+. The van der Waals surface area contributed by atoms with Gasteiger partial charge in [-0.25, -0.2) is 9.07 Å². The van der Waals surface area contributed by atoms with Crippen molar-refractivity contribution >= 4 is 10.9 Å². The van der Waals surface area contributed by atoms with Crippen LogP contribution in [0.25, 0.3) is 28.0 Å². The maximum Gasteiger partial charge on any atom is 0.134 e. The lowest BCUT2D eigenvalue weighted by atomic mass is 9.85. The van der Waals surface area contributed by atoms with Gasteiger partial charge in [-0.05, 0) is 74.5 Å². The van der Waals surface area contributed by atoms with Gasteiger partial charge >= 0.3 is 0 Å². The molecular weight excluding hydrogens is 379 g/mol. The van der Waals surface area contributed by atoms with Gasteiger partial charge < -0.3 is 4.90 Å². The lowest BCUT2D eigenvalue weighted by Gasteiger charge is -2.36. The molecule has 2 aromatic heterocycles. The SMILES string of the molecule is CN1[C@@H]2CC[C@H]1CC(c1ccc(-n3cc(-c4n[nH]c5cc(F)ccc45)nn3)cc1)C2. The number of aromatic nitrogens is 5. The highest BCUT2D eigenvalue weighted by molar-refractivity contribution is 5.91. The average molecular weight is 402 g/mol. The van der Waals surface area contributed by atoms with Crippen molar-refractivity contribution < 1.29 is 4.39 Å². The van der Waals surface area contributed by atoms with E-state index in [1.807, 2.05) is 6.20 Å². The fourth-order valence-corrected chi connectivity index (χ4v) is 5.27. The lowest BCUT2D eigenvalue weighted by molar-refractivity contribution is 0.161. The number of aromatic amines is 1. The number of benzene rings is 2. The first-order valence-electron chi connectivity index (χ1n) is 10.5. The number of fused-ring (bicyclic) bond motifs is 3. The topological polar surface area (TPSA) is 62.6 Å². The molecule has 3 atom stereocenters. The molecule has 4 heterocycles. The molecule has 0 amide bonds. The summed E-state index contributed by atoms with van der Waals surface area (Å²) in [5.41, 5.74) is 4.37. The van der Waals surface area contributed by atoms with Crippen molar-refractivity contribution in [2.45, 2.75) is 43.7 Å². The van der Waals surface area contributed by atoms with E-state index in [2.05, 4.69) is 56.7 Å². The van der Waals surface area contributed by atoms with Gasteiger partial charge in [-0.15, -0.1) is 5.10 Å². The molecule has 0 spiro atoms. The summed E-state index contributed by atoms with van der Waals surface area (Å²) in [7, 11) is 2.28. The highest BCUT2D eigenvalue weighted by atomic mass is 19.1. The second kappa shape index (κ2) is 6.74. The first-order valence-corrected chi connectivity index (χ1v) is 10.5. The Morgan fingerprint density at radius 2 is 1.80 bits per heavy atom. The molecule has 2 aromatic carbocycles. The zero-order valence-corrected chi connectivity index (χ0v) is 16.8. The molecule has 1 N–H and O–H groups in total. The van der Waals surface area contributed by atoms with Gasteiger partial charge in [0.2, 0.25) is 0 Å². The van der Waals surface area contributed by atoms with Crippen LogP contribution >= 0.6 is 0 Å². The number of nitrogens with zero attached hydrogens (tertiary/aromatic N) is 5. The van der Waals surface area contributed by atoms with Crippen LogP contribution in [-0.2, 0) is 0 Å². The van der Waals surface area contributed by atoms with Crippen molar-refractivity contribution in [1.82, 2.24) is 30.1 Å². The molecule has 7 heteroatoms. The van der Waals surface area contributed by atoms with E-state index in [9.17, 15) is 4.39 Å². The number of hydrogen-bond acceptors (Lipinski definition) is 4. The highest BCUT2D eigenvalue weighted by Crippen LogP contribution is 2.42. The molecule has 2 aliphatic rings. The van der Waals surface area contributed by atoms with E-state index in [0.717, 1.165) is 23.2 Å². The molecule has 6 rings (SSSR count). The molecule has 2 bridgehead atoms. The lowest BCUT2D eigenvalue weighted by Crippen LogP contribution is -2.39. The maximum absolute atomic E-state index is 13.4. The molecule has 0 saturated carbocycles. The summed E-state index contributed by atoms with van der Waals surface area (Å²) >= 11 is 0. The second-order valence-corrected chi connectivity index (χ2v) is 8.62. The minimum Gasteiger partial charge on any atom is -0.300 e. The first kappa shape index (κ1) is 17.8. The van der Waals surface area contributed by atoms with Crippen LogP contribution < -0.4 is 0 Å². The number of nitrogens with one attached hydrogen (secondary N) is 1. The van der Waals surface area contributed by atoms with Gasteiger partial charge in [0, 0.05) is 17.5 Å². The van der Waals surface area contributed by atoms with Gasteiger partial charge in [-0.1, -0.05) is 17.3 Å². The third-order valence-electron chi connectivity index (χ3n) is 6.99. The number of halogens is 1. The molecule has 6 nitrogen and oxygen atoms in total. The first-order chi connectivity index (χ1) is 14.7. The summed E-state index contributed by atoms with van der Waals surface area (Å²) in [6.07, 6.45) is 7.06.